The van der Waals surface area contributed by atoms with Gasteiger partial charge in [-0.05, 0) is 26.2 Å². The molecular weight excluding hydrogens is 212 g/mol. The highest BCUT2D eigenvalue weighted by Crippen LogP contribution is 1.91. The molecule has 6 heteroatoms. The summed E-state index contributed by atoms with van der Waals surface area (Å²) in [5, 5.41) is 22.1. The molecule has 0 spiro atoms. The van der Waals surface area contributed by atoms with Crippen molar-refractivity contribution in [1.29, 1.82) is 0 Å². The summed E-state index contributed by atoms with van der Waals surface area (Å²) in [6, 6.07) is 0. The molecule has 0 radical (unpaired) electrons. The number of aliphatic hydroxyl groups is 2. The Bertz CT molecular complexity index is 219. The van der Waals surface area contributed by atoms with Crippen molar-refractivity contribution < 1.29 is 19.8 Å². The Morgan fingerprint density at radius 3 is 2.31 bits per heavy atom. The van der Waals surface area contributed by atoms with Crippen molar-refractivity contribution in [1.82, 2.24) is 10.6 Å². The molecule has 0 aromatic rings. The van der Waals surface area contributed by atoms with Crippen molar-refractivity contribution in [2.45, 2.75) is 32.3 Å². The molecule has 0 bridgehead atoms. The minimum atomic E-state index is -0.733. The molecule has 16 heavy (non-hydrogen) atoms. The van der Waals surface area contributed by atoms with Crippen molar-refractivity contribution in [2.24, 2.45) is 0 Å². The van der Waals surface area contributed by atoms with Crippen LogP contribution in [0, 0.1) is 0 Å². The Labute approximate surface area is 95.0 Å². The molecule has 0 aliphatic rings. The second kappa shape index (κ2) is 9.11. The van der Waals surface area contributed by atoms with Crippen LogP contribution in [0.3, 0.4) is 0 Å². The smallest absolute Gasteiger partial charge is 0.309 e. The highest BCUT2D eigenvalue weighted by Gasteiger charge is 2.12. The van der Waals surface area contributed by atoms with E-state index in [1.54, 1.807) is 0 Å². The van der Waals surface area contributed by atoms with Gasteiger partial charge >= 0.3 is 11.8 Å². The number of hydrogen-bond acceptors (Lipinski definition) is 4. The number of hydrogen-bond donors (Lipinski definition) is 4. The van der Waals surface area contributed by atoms with E-state index < -0.39 is 17.9 Å². The van der Waals surface area contributed by atoms with Gasteiger partial charge < -0.3 is 20.8 Å². The summed E-state index contributed by atoms with van der Waals surface area (Å²) in [5.41, 5.74) is 0. The van der Waals surface area contributed by atoms with Gasteiger partial charge in [-0.25, -0.2) is 0 Å². The summed E-state index contributed by atoms with van der Waals surface area (Å²) in [7, 11) is 0. The van der Waals surface area contributed by atoms with E-state index in [1.807, 2.05) is 0 Å². The van der Waals surface area contributed by atoms with Crippen LogP contribution in [-0.4, -0.2) is 47.8 Å². The van der Waals surface area contributed by atoms with Crippen molar-refractivity contribution in [3.05, 3.63) is 0 Å². The molecule has 0 heterocycles. The molecule has 0 fully saturated rings. The highest BCUT2D eigenvalue weighted by atomic mass is 16.3. The first-order valence-electron chi connectivity index (χ1n) is 5.43. The largest absolute Gasteiger partial charge is 0.396 e. The number of amides is 2. The van der Waals surface area contributed by atoms with Crippen LogP contribution >= 0.6 is 0 Å². The molecule has 6 nitrogen and oxygen atoms in total. The zero-order chi connectivity index (χ0) is 12.4. The maximum Gasteiger partial charge on any atom is 0.309 e. The van der Waals surface area contributed by atoms with Gasteiger partial charge in [-0.1, -0.05) is 0 Å². The molecule has 1 atom stereocenters. The predicted molar refractivity (Wildman–Crippen MR) is 58.6 cm³/mol. The number of rotatable bonds is 7. The van der Waals surface area contributed by atoms with Gasteiger partial charge in [0.1, 0.15) is 0 Å². The number of carbonyl (C=O) groups excluding carboxylic acids is 2. The highest BCUT2D eigenvalue weighted by molar-refractivity contribution is 6.35. The third kappa shape index (κ3) is 8.19. The Morgan fingerprint density at radius 1 is 1.12 bits per heavy atom. The lowest BCUT2D eigenvalue weighted by Crippen LogP contribution is -2.42. The summed E-state index contributed by atoms with van der Waals surface area (Å²) in [6.45, 7) is 2.15. The molecule has 2 amide bonds. The van der Waals surface area contributed by atoms with Crippen LogP contribution in [0.2, 0.25) is 0 Å². The average Bonchev–Trinajstić information content (AvgIpc) is 2.25. The maximum atomic E-state index is 11.1. The minimum Gasteiger partial charge on any atom is -0.396 e. The molecule has 0 aliphatic heterocycles. The van der Waals surface area contributed by atoms with Gasteiger partial charge in [0.05, 0.1) is 6.10 Å². The first-order valence-corrected chi connectivity index (χ1v) is 5.43. The normalized spacial score (nSPS) is 11.9. The van der Waals surface area contributed by atoms with E-state index in [1.165, 1.54) is 6.92 Å². The van der Waals surface area contributed by atoms with Crippen LogP contribution in [0.1, 0.15) is 26.2 Å². The minimum absolute atomic E-state index is 0.0662. The first kappa shape index (κ1) is 14.9. The van der Waals surface area contributed by atoms with Crippen LogP contribution in [0.5, 0.6) is 0 Å². The summed E-state index contributed by atoms with van der Waals surface area (Å²) in [5.74, 6) is -1.42. The summed E-state index contributed by atoms with van der Waals surface area (Å²) in [4.78, 5) is 22.2. The molecule has 0 rings (SSSR count). The molecule has 1 unspecified atom stereocenters. The number of carbonyl (C=O) groups is 2. The van der Waals surface area contributed by atoms with Gasteiger partial charge in [0.15, 0.2) is 0 Å². The van der Waals surface area contributed by atoms with Crippen LogP contribution in [0.25, 0.3) is 0 Å². The molecular formula is C10H20N2O4. The topological polar surface area (TPSA) is 98.7 Å². The molecule has 0 aromatic heterocycles. The van der Waals surface area contributed by atoms with E-state index in [9.17, 15) is 9.59 Å². The van der Waals surface area contributed by atoms with Crippen LogP contribution in [0.4, 0.5) is 0 Å². The van der Waals surface area contributed by atoms with Crippen molar-refractivity contribution in [3.8, 4) is 0 Å². The summed E-state index contributed by atoms with van der Waals surface area (Å²) in [6.07, 6.45) is 1.58. The second-order valence-corrected chi connectivity index (χ2v) is 3.60. The van der Waals surface area contributed by atoms with Crippen molar-refractivity contribution in [3.63, 3.8) is 0 Å². The Kier molecular flexibility index (Phi) is 8.46. The van der Waals surface area contributed by atoms with E-state index in [0.29, 0.717) is 13.0 Å². The maximum absolute atomic E-state index is 11.1. The van der Waals surface area contributed by atoms with Crippen LogP contribution in [-0.2, 0) is 9.59 Å². The fourth-order valence-corrected chi connectivity index (χ4v) is 1.02. The zero-order valence-corrected chi connectivity index (χ0v) is 9.53. The van der Waals surface area contributed by atoms with Crippen molar-refractivity contribution >= 4 is 11.8 Å². The Morgan fingerprint density at radius 2 is 1.75 bits per heavy atom. The monoisotopic (exact) mass is 232 g/mol. The predicted octanol–water partition coefficient (Wildman–Crippen LogP) is -1.24. The molecule has 4 N–H and O–H groups in total. The number of nitrogens with one attached hydrogen (secondary N) is 2. The average molecular weight is 232 g/mol. The van der Waals surface area contributed by atoms with Crippen LogP contribution in [0.15, 0.2) is 0 Å². The molecule has 0 aromatic carbocycles. The molecule has 0 saturated heterocycles. The van der Waals surface area contributed by atoms with Gasteiger partial charge in [-0.3, -0.25) is 9.59 Å². The van der Waals surface area contributed by atoms with E-state index >= 15 is 0 Å². The fraction of sp³-hybridized carbons (Fsp3) is 0.800. The SMILES string of the molecule is CC(O)CNC(=O)C(=O)NCCCCCO. The summed E-state index contributed by atoms with van der Waals surface area (Å²) < 4.78 is 0. The van der Waals surface area contributed by atoms with Gasteiger partial charge in [-0.2, -0.15) is 0 Å². The zero-order valence-electron chi connectivity index (χ0n) is 9.53. The summed E-state index contributed by atoms with van der Waals surface area (Å²) >= 11 is 0. The van der Waals surface area contributed by atoms with Gasteiger partial charge in [0, 0.05) is 19.7 Å². The quantitative estimate of drug-likeness (QED) is 0.326. The third-order valence-corrected chi connectivity index (χ3v) is 1.88. The van der Waals surface area contributed by atoms with Gasteiger partial charge in [-0.15, -0.1) is 0 Å². The third-order valence-electron chi connectivity index (χ3n) is 1.88. The number of unbranched alkanes of at least 4 members (excludes halogenated alkanes) is 2. The molecule has 0 saturated carbocycles. The lowest BCUT2D eigenvalue weighted by Gasteiger charge is -2.07. The fourth-order valence-electron chi connectivity index (χ4n) is 1.02. The molecule has 94 valence electrons. The second-order valence-electron chi connectivity index (χ2n) is 3.60. The van der Waals surface area contributed by atoms with E-state index in [2.05, 4.69) is 10.6 Å². The van der Waals surface area contributed by atoms with E-state index in [-0.39, 0.29) is 13.2 Å². The Balaban J connectivity index is 3.52. The van der Waals surface area contributed by atoms with Gasteiger partial charge in [0.2, 0.25) is 0 Å². The van der Waals surface area contributed by atoms with E-state index in [0.717, 1.165) is 12.8 Å². The number of aliphatic hydroxyl groups excluding tert-OH is 2. The lowest BCUT2D eigenvalue weighted by molar-refractivity contribution is -0.139. The Hall–Kier alpha value is -1.14. The van der Waals surface area contributed by atoms with E-state index in [4.69, 9.17) is 10.2 Å². The van der Waals surface area contributed by atoms with Crippen molar-refractivity contribution in [2.75, 3.05) is 19.7 Å². The van der Waals surface area contributed by atoms with Gasteiger partial charge in [0.25, 0.3) is 0 Å². The standard InChI is InChI=1S/C10H20N2O4/c1-8(14)7-12-10(16)9(15)11-5-3-2-4-6-13/h8,13-14H,2-7H2,1H3,(H,11,15)(H,12,16). The lowest BCUT2D eigenvalue weighted by atomic mass is 10.2. The van der Waals surface area contributed by atoms with Crippen LogP contribution < -0.4 is 10.6 Å². The molecule has 0 aliphatic carbocycles. The first-order chi connectivity index (χ1) is 7.57.